The molecule has 0 heterocycles. The Balaban J connectivity index is 1.88. The van der Waals surface area contributed by atoms with Crippen LogP contribution in [-0.2, 0) is 9.53 Å². The normalized spacial score (nSPS) is 40.3. The molecule has 0 bridgehead atoms. The molecule has 0 saturated heterocycles. The molecular formula is C10H16O2. The fourth-order valence-corrected chi connectivity index (χ4v) is 2.55. The third-order valence-corrected chi connectivity index (χ3v) is 3.56. The van der Waals surface area contributed by atoms with Gasteiger partial charge in [-0.15, -0.1) is 0 Å². The lowest BCUT2D eigenvalue weighted by Crippen LogP contribution is -2.21. The van der Waals surface area contributed by atoms with E-state index in [1.807, 2.05) is 6.92 Å². The molecule has 0 spiro atoms. The number of fused-ring (bicyclic) bond motifs is 1. The number of hydrogen-bond acceptors (Lipinski definition) is 2. The third kappa shape index (κ3) is 1.23. The molecule has 68 valence electrons. The van der Waals surface area contributed by atoms with E-state index in [1.54, 1.807) is 0 Å². The fourth-order valence-electron chi connectivity index (χ4n) is 2.55. The second-order valence-electron chi connectivity index (χ2n) is 4.30. The van der Waals surface area contributed by atoms with E-state index in [4.69, 9.17) is 4.74 Å². The maximum Gasteiger partial charge on any atom is 0.308 e. The average molecular weight is 168 g/mol. The van der Waals surface area contributed by atoms with Gasteiger partial charge in [0, 0.05) is 0 Å². The molecule has 2 aliphatic carbocycles. The van der Waals surface area contributed by atoms with Crippen molar-refractivity contribution in [2.45, 2.75) is 26.2 Å². The highest BCUT2D eigenvalue weighted by Gasteiger charge is 2.48. The molecule has 0 radical (unpaired) electrons. The summed E-state index contributed by atoms with van der Waals surface area (Å²) in [7, 11) is 1.48. The summed E-state index contributed by atoms with van der Waals surface area (Å²) in [5.41, 5.74) is 0. The Bertz CT molecular complexity index is 190. The SMILES string of the molecule is COC(=O)[C@@H](C)[C@@H]1C[C@H]2C[C@H]2C1. The number of methoxy groups -OCH3 is 1. The lowest BCUT2D eigenvalue weighted by atomic mass is 9.90. The van der Waals surface area contributed by atoms with Gasteiger partial charge >= 0.3 is 5.97 Å². The number of hydrogen-bond donors (Lipinski definition) is 0. The van der Waals surface area contributed by atoms with Gasteiger partial charge in [-0.05, 0) is 37.0 Å². The van der Waals surface area contributed by atoms with Crippen molar-refractivity contribution < 1.29 is 9.53 Å². The highest BCUT2D eigenvalue weighted by molar-refractivity contribution is 5.72. The first kappa shape index (κ1) is 8.09. The van der Waals surface area contributed by atoms with Gasteiger partial charge in [0.25, 0.3) is 0 Å². The molecule has 4 atom stereocenters. The molecule has 0 aromatic carbocycles. The van der Waals surface area contributed by atoms with Crippen LogP contribution in [0.2, 0.25) is 0 Å². The van der Waals surface area contributed by atoms with Gasteiger partial charge in [-0.1, -0.05) is 6.92 Å². The van der Waals surface area contributed by atoms with Gasteiger partial charge < -0.3 is 4.74 Å². The van der Waals surface area contributed by atoms with Crippen LogP contribution in [0.1, 0.15) is 26.2 Å². The molecule has 2 heteroatoms. The van der Waals surface area contributed by atoms with Crippen LogP contribution in [0.25, 0.3) is 0 Å². The monoisotopic (exact) mass is 168 g/mol. The lowest BCUT2D eigenvalue weighted by Gasteiger charge is -2.17. The lowest BCUT2D eigenvalue weighted by molar-refractivity contribution is -0.146. The largest absolute Gasteiger partial charge is 0.469 e. The van der Waals surface area contributed by atoms with Crippen molar-refractivity contribution in [1.29, 1.82) is 0 Å². The van der Waals surface area contributed by atoms with Crippen molar-refractivity contribution in [2.24, 2.45) is 23.7 Å². The van der Waals surface area contributed by atoms with Gasteiger partial charge in [-0.25, -0.2) is 0 Å². The van der Waals surface area contributed by atoms with E-state index in [0.717, 1.165) is 11.8 Å². The maximum absolute atomic E-state index is 11.2. The van der Waals surface area contributed by atoms with Crippen LogP contribution < -0.4 is 0 Å². The van der Waals surface area contributed by atoms with E-state index in [0.29, 0.717) is 5.92 Å². The van der Waals surface area contributed by atoms with Crippen molar-refractivity contribution >= 4 is 5.97 Å². The van der Waals surface area contributed by atoms with Crippen LogP contribution in [0.3, 0.4) is 0 Å². The molecule has 0 N–H and O–H groups in total. The molecule has 0 unspecified atom stereocenters. The zero-order valence-electron chi connectivity index (χ0n) is 7.75. The number of esters is 1. The zero-order valence-corrected chi connectivity index (χ0v) is 7.75. The van der Waals surface area contributed by atoms with Crippen molar-refractivity contribution in [3.8, 4) is 0 Å². The van der Waals surface area contributed by atoms with Crippen LogP contribution in [0.15, 0.2) is 0 Å². The maximum atomic E-state index is 11.2. The van der Waals surface area contributed by atoms with E-state index < -0.39 is 0 Å². The summed E-state index contributed by atoms with van der Waals surface area (Å²) in [6.45, 7) is 2.00. The van der Waals surface area contributed by atoms with Gasteiger partial charge in [0.2, 0.25) is 0 Å². The van der Waals surface area contributed by atoms with E-state index in [9.17, 15) is 4.79 Å². The first-order valence-corrected chi connectivity index (χ1v) is 4.80. The van der Waals surface area contributed by atoms with Gasteiger partial charge in [0.1, 0.15) is 0 Å². The highest BCUT2D eigenvalue weighted by atomic mass is 16.5. The van der Waals surface area contributed by atoms with E-state index in [2.05, 4.69) is 0 Å². The first-order chi connectivity index (χ1) is 5.72. The summed E-state index contributed by atoms with van der Waals surface area (Å²) in [5, 5.41) is 0. The van der Waals surface area contributed by atoms with E-state index >= 15 is 0 Å². The number of carbonyl (C=O) groups is 1. The molecule has 2 aliphatic rings. The van der Waals surface area contributed by atoms with Gasteiger partial charge in [0.15, 0.2) is 0 Å². The molecular weight excluding hydrogens is 152 g/mol. The van der Waals surface area contributed by atoms with Crippen LogP contribution in [-0.4, -0.2) is 13.1 Å². The topological polar surface area (TPSA) is 26.3 Å². The summed E-state index contributed by atoms with van der Waals surface area (Å²) in [6.07, 6.45) is 3.95. The summed E-state index contributed by atoms with van der Waals surface area (Å²) in [4.78, 5) is 11.2. The van der Waals surface area contributed by atoms with Crippen molar-refractivity contribution in [1.82, 2.24) is 0 Å². The Kier molecular flexibility index (Phi) is 1.85. The Morgan fingerprint density at radius 2 is 1.92 bits per heavy atom. The van der Waals surface area contributed by atoms with Crippen molar-refractivity contribution in [3.05, 3.63) is 0 Å². The summed E-state index contributed by atoms with van der Waals surface area (Å²) < 4.78 is 4.74. The minimum atomic E-state index is -0.0266. The second-order valence-corrected chi connectivity index (χ2v) is 4.30. The predicted octanol–water partition coefficient (Wildman–Crippen LogP) is 1.84. The number of carbonyl (C=O) groups excluding carboxylic acids is 1. The van der Waals surface area contributed by atoms with Crippen molar-refractivity contribution in [3.63, 3.8) is 0 Å². The van der Waals surface area contributed by atoms with E-state index in [-0.39, 0.29) is 11.9 Å². The second kappa shape index (κ2) is 2.75. The molecule has 0 aliphatic heterocycles. The average Bonchev–Trinajstić information content (AvgIpc) is 2.71. The molecule has 0 amide bonds. The first-order valence-electron chi connectivity index (χ1n) is 4.80. The summed E-state index contributed by atoms with van der Waals surface area (Å²) >= 11 is 0. The van der Waals surface area contributed by atoms with Gasteiger partial charge in [-0.3, -0.25) is 4.79 Å². The van der Waals surface area contributed by atoms with Gasteiger partial charge in [-0.2, -0.15) is 0 Å². The smallest absolute Gasteiger partial charge is 0.308 e. The summed E-state index contributed by atoms with van der Waals surface area (Å²) in [5.74, 6) is 2.63. The van der Waals surface area contributed by atoms with Crippen molar-refractivity contribution in [2.75, 3.05) is 7.11 Å². The Morgan fingerprint density at radius 1 is 1.33 bits per heavy atom. The molecule has 0 aromatic rings. The summed E-state index contributed by atoms with van der Waals surface area (Å²) in [6, 6.07) is 0. The number of rotatable bonds is 2. The molecule has 2 fully saturated rings. The minimum Gasteiger partial charge on any atom is -0.469 e. The quantitative estimate of drug-likeness (QED) is 0.588. The van der Waals surface area contributed by atoms with Crippen LogP contribution in [0.4, 0.5) is 0 Å². The Hall–Kier alpha value is -0.530. The standard InChI is InChI=1S/C10H16O2/c1-6(10(11)12-2)7-3-8-5-9(8)4-7/h6-9H,3-5H2,1-2H3/t6-,7-,8+,9-/m0/s1. The Morgan fingerprint density at radius 3 is 2.42 bits per heavy atom. The third-order valence-electron chi connectivity index (χ3n) is 3.56. The molecule has 2 nitrogen and oxygen atoms in total. The van der Waals surface area contributed by atoms with Crippen LogP contribution in [0.5, 0.6) is 0 Å². The molecule has 2 rings (SSSR count). The Labute approximate surface area is 73.3 Å². The van der Waals surface area contributed by atoms with Gasteiger partial charge in [0.05, 0.1) is 13.0 Å². The molecule has 0 aromatic heterocycles. The molecule has 2 saturated carbocycles. The highest BCUT2D eigenvalue weighted by Crippen LogP contribution is 2.56. The van der Waals surface area contributed by atoms with Crippen LogP contribution in [0, 0.1) is 23.7 Å². The van der Waals surface area contributed by atoms with Crippen LogP contribution >= 0.6 is 0 Å². The zero-order chi connectivity index (χ0) is 8.72. The predicted molar refractivity (Wildman–Crippen MR) is 45.5 cm³/mol. The molecule has 12 heavy (non-hydrogen) atoms. The number of ether oxygens (including phenoxy) is 1. The minimum absolute atomic E-state index is 0.0266. The van der Waals surface area contributed by atoms with E-state index in [1.165, 1.54) is 26.4 Å². The fraction of sp³-hybridized carbons (Fsp3) is 0.900.